The summed E-state index contributed by atoms with van der Waals surface area (Å²) in [6, 6.07) is 52.7. The summed E-state index contributed by atoms with van der Waals surface area (Å²) in [5, 5.41) is 2.54. The molecule has 9 rings (SSSR count). The molecule has 3 nitrogen and oxygen atoms in total. The number of rotatable bonds is 7. The van der Waals surface area contributed by atoms with E-state index in [9.17, 15) is 0 Å². The first-order valence-electron chi connectivity index (χ1n) is 21.2. The molecule has 0 aliphatic carbocycles. The van der Waals surface area contributed by atoms with Crippen LogP contribution in [0.2, 0.25) is 0 Å². The van der Waals surface area contributed by atoms with Crippen LogP contribution in [0.1, 0.15) is 87.0 Å². The Labute approximate surface area is 360 Å². The Morgan fingerprint density at radius 1 is 0.684 bits per heavy atom. The molecule has 0 aliphatic rings. The van der Waals surface area contributed by atoms with Crippen LogP contribution in [0.15, 0.2) is 140 Å². The molecule has 287 valence electrons. The van der Waals surface area contributed by atoms with E-state index < -0.39 is 12.7 Å². The van der Waals surface area contributed by atoms with Crippen LogP contribution >= 0.6 is 11.3 Å². The van der Waals surface area contributed by atoms with Crippen LogP contribution in [0, 0.1) is 19.0 Å². The van der Waals surface area contributed by atoms with Crippen molar-refractivity contribution in [2.45, 2.75) is 66.1 Å². The van der Waals surface area contributed by atoms with Gasteiger partial charge in [0.15, 0.2) is 0 Å². The van der Waals surface area contributed by atoms with Gasteiger partial charge in [-0.1, -0.05) is 131 Å². The van der Waals surface area contributed by atoms with Gasteiger partial charge < -0.3 is 9.55 Å². The zero-order valence-electron chi connectivity index (χ0n) is 37.0. The van der Waals surface area contributed by atoms with Crippen molar-refractivity contribution < 1.29 is 25.6 Å². The zero-order chi connectivity index (χ0) is 42.3. The molecule has 9 aromatic rings. The number of imidazole rings is 1. The Bertz CT molecular complexity index is 2940. The summed E-state index contributed by atoms with van der Waals surface area (Å²) >= 11 is 1.84. The van der Waals surface area contributed by atoms with Crippen LogP contribution in [0.4, 0.5) is 0 Å². The molecule has 0 bridgehead atoms. The van der Waals surface area contributed by atoms with E-state index >= 15 is 0 Å². The fraction of sp³-hybridized carbons (Fsp3) is 0.192. The first-order chi connectivity index (χ1) is 28.7. The molecule has 0 atom stereocenters. The van der Waals surface area contributed by atoms with Gasteiger partial charge in [-0.15, -0.1) is 54.1 Å². The van der Waals surface area contributed by atoms with E-state index in [1.165, 1.54) is 54.3 Å². The van der Waals surface area contributed by atoms with E-state index in [4.69, 9.17) is 10.5 Å². The summed E-state index contributed by atoms with van der Waals surface area (Å²) < 4.78 is 35.8. The number of thiophene rings is 1. The van der Waals surface area contributed by atoms with E-state index in [-0.39, 0.29) is 25.7 Å². The average molecular weight is 942 g/mol. The van der Waals surface area contributed by atoms with E-state index in [1.807, 2.05) is 29.5 Å². The van der Waals surface area contributed by atoms with E-state index in [0.29, 0.717) is 23.1 Å². The number of benzene rings is 6. The molecule has 0 spiro atoms. The van der Waals surface area contributed by atoms with E-state index in [2.05, 4.69) is 153 Å². The largest absolute Gasteiger partial charge is 0.333 e. The van der Waals surface area contributed by atoms with Gasteiger partial charge >= 0.3 is 0 Å². The quantitative estimate of drug-likeness (QED) is 0.149. The third-order valence-electron chi connectivity index (χ3n) is 10.3. The molecule has 0 saturated carbocycles. The first-order valence-corrected chi connectivity index (χ1v) is 20.0. The van der Waals surface area contributed by atoms with Crippen molar-refractivity contribution in [2.75, 3.05) is 0 Å². The second-order valence-corrected chi connectivity index (χ2v) is 16.1. The maximum absolute atomic E-state index is 8.16. The molecule has 57 heavy (non-hydrogen) atoms. The number of nitrogens with zero attached hydrogens (tertiary/aromatic N) is 3. The van der Waals surface area contributed by atoms with Gasteiger partial charge in [0, 0.05) is 42.2 Å². The predicted octanol–water partition coefficient (Wildman–Crippen LogP) is 14.8. The molecule has 0 N–H and O–H groups in total. The van der Waals surface area contributed by atoms with Crippen LogP contribution in [-0.2, 0) is 20.1 Å². The second-order valence-electron chi connectivity index (χ2n) is 15.0. The van der Waals surface area contributed by atoms with Gasteiger partial charge in [0.1, 0.15) is 0 Å². The van der Waals surface area contributed by atoms with Crippen molar-refractivity contribution in [3.63, 3.8) is 0 Å². The maximum Gasteiger partial charge on any atom is 0.0774 e. The number of pyridine rings is 1. The molecule has 3 heterocycles. The Morgan fingerprint density at radius 2 is 1.42 bits per heavy atom. The van der Waals surface area contributed by atoms with Crippen molar-refractivity contribution >= 4 is 42.5 Å². The topological polar surface area (TPSA) is 30.7 Å². The number of hydrogen-bond donors (Lipinski definition) is 0. The van der Waals surface area contributed by atoms with Crippen LogP contribution in [-0.4, -0.2) is 14.5 Å². The molecule has 1 radical (unpaired) electrons. The molecule has 3 aromatic heterocycles. The monoisotopic (exact) mass is 942 g/mol. The van der Waals surface area contributed by atoms with Crippen molar-refractivity contribution in [1.82, 2.24) is 14.5 Å². The van der Waals surface area contributed by atoms with Gasteiger partial charge in [-0.2, -0.15) is 11.3 Å². The Morgan fingerprint density at radius 3 is 2.12 bits per heavy atom. The van der Waals surface area contributed by atoms with Crippen molar-refractivity contribution in [3.8, 4) is 39.5 Å². The zero-order valence-corrected chi connectivity index (χ0v) is 36.2. The van der Waals surface area contributed by atoms with Crippen LogP contribution < -0.4 is 0 Å². The summed E-state index contributed by atoms with van der Waals surface area (Å²) in [5.41, 5.74) is 11.6. The molecule has 0 amide bonds. The van der Waals surface area contributed by atoms with Crippen LogP contribution in [0.25, 0.3) is 70.7 Å². The third kappa shape index (κ3) is 7.90. The minimum Gasteiger partial charge on any atom is -0.333 e. The van der Waals surface area contributed by atoms with E-state index in [1.54, 1.807) is 26.0 Å². The van der Waals surface area contributed by atoms with Crippen molar-refractivity contribution in [3.05, 3.63) is 174 Å². The SMILES string of the molecule is CC(C)c1cccc(C(C)C)c1-n1c(-c2[c-]ccc3c2sc2cc(-c4ccccc4)ccc23)nc2ccccc21.[2H]C([2H])([2H])c1cnc(-c2[c-]cccc2)cc1C([2H])(C)C.[Ir]. The number of para-hydroxylation sites is 3. The summed E-state index contributed by atoms with van der Waals surface area (Å²) in [6.07, 6.45) is 1.36. The van der Waals surface area contributed by atoms with Crippen molar-refractivity contribution in [1.29, 1.82) is 0 Å². The van der Waals surface area contributed by atoms with Gasteiger partial charge in [-0.3, -0.25) is 4.98 Å². The fourth-order valence-electron chi connectivity index (χ4n) is 7.48. The fourth-order valence-corrected chi connectivity index (χ4v) is 8.71. The van der Waals surface area contributed by atoms with E-state index in [0.717, 1.165) is 28.0 Å². The second kappa shape index (κ2) is 17.1. The van der Waals surface area contributed by atoms with Gasteiger partial charge in [0.2, 0.25) is 0 Å². The van der Waals surface area contributed by atoms with Gasteiger partial charge in [0.05, 0.1) is 16.9 Å². The number of aryl methyl sites for hydroxylation is 1. The molecule has 0 fully saturated rings. The number of fused-ring (bicyclic) bond motifs is 4. The maximum atomic E-state index is 8.16. The molecule has 0 unspecified atom stereocenters. The first kappa shape index (κ1) is 35.0. The Kier molecular flexibility index (Phi) is 10.5. The molecule has 5 heteroatoms. The standard InChI is InChI=1S/C37H31N2S.C15H16N.Ir/c1-23(2)27-14-10-15-28(24(3)4)35(27)39-33-19-9-8-18-32(33)38-37(39)31-17-11-16-30-29-21-20-26(22-34(29)40-36(30)31)25-12-6-5-7-13-25;1-11(2)14-9-15(16-10-12(14)3)13-7-5-4-6-8-13;/h5-16,18-24H,1-4H3;4-7,9-11H,1-3H3;/q2*-1;/i;3D3,11D;. The number of aromatic nitrogens is 3. The molecule has 6 aromatic carbocycles. The predicted molar refractivity (Wildman–Crippen MR) is 239 cm³/mol. The minimum atomic E-state index is -2.26. The molecular weight excluding hydrogens is 891 g/mol. The smallest absolute Gasteiger partial charge is 0.0774 e. The van der Waals surface area contributed by atoms with Crippen LogP contribution in [0.5, 0.6) is 0 Å². The van der Waals surface area contributed by atoms with Crippen LogP contribution in [0.3, 0.4) is 0 Å². The molecule has 0 aliphatic heterocycles. The summed E-state index contributed by atoms with van der Waals surface area (Å²) in [7, 11) is 0. The Hall–Kier alpha value is -5.19. The van der Waals surface area contributed by atoms with Gasteiger partial charge in [0.25, 0.3) is 0 Å². The summed E-state index contributed by atoms with van der Waals surface area (Å²) in [5.74, 6) is 0.707. The normalized spacial score (nSPS) is 12.8. The average Bonchev–Trinajstić information content (AvgIpc) is 3.82. The third-order valence-corrected chi connectivity index (χ3v) is 11.5. The number of hydrogen-bond acceptors (Lipinski definition) is 3. The van der Waals surface area contributed by atoms with Gasteiger partial charge in [-0.25, -0.2) is 0 Å². The molecule has 0 saturated heterocycles. The Balaban J connectivity index is 0.000000226. The minimum absolute atomic E-state index is 0. The summed E-state index contributed by atoms with van der Waals surface area (Å²) in [4.78, 5) is 9.50. The van der Waals surface area contributed by atoms with Gasteiger partial charge in [-0.05, 0) is 91.9 Å². The molecular formula is C52H47IrN3S-2. The van der Waals surface area contributed by atoms with Crippen molar-refractivity contribution in [2.24, 2.45) is 0 Å². The summed E-state index contributed by atoms with van der Waals surface area (Å²) in [6.45, 7) is 10.2.